The van der Waals surface area contributed by atoms with E-state index >= 15 is 0 Å². The number of anilines is 1. The third-order valence-corrected chi connectivity index (χ3v) is 2.08. The highest BCUT2D eigenvalue weighted by Gasteiger charge is 2.03. The van der Waals surface area contributed by atoms with Crippen LogP contribution in [0.1, 0.15) is 0 Å². The van der Waals surface area contributed by atoms with E-state index in [0.717, 1.165) is 12.1 Å². The van der Waals surface area contributed by atoms with Crippen molar-refractivity contribution in [1.29, 1.82) is 0 Å². The first-order chi connectivity index (χ1) is 8.13. The van der Waals surface area contributed by atoms with Crippen molar-refractivity contribution in [2.75, 3.05) is 25.7 Å². The normalized spacial score (nSPS) is 9.82. The molecule has 0 spiro atoms. The lowest BCUT2D eigenvalue weighted by Crippen LogP contribution is -2.40. The highest BCUT2D eigenvalue weighted by Crippen LogP contribution is 2.13. The molecule has 4 nitrogen and oxygen atoms in total. The van der Waals surface area contributed by atoms with Gasteiger partial charge in [0.05, 0.1) is 12.3 Å². The molecule has 0 radical (unpaired) electrons. The predicted molar refractivity (Wildman–Crippen MR) is 65.6 cm³/mol. The number of thiocarbonyl (C=S) groups is 1. The van der Waals surface area contributed by atoms with Crippen molar-refractivity contribution >= 4 is 23.0 Å². The number of hydrogen-bond donors (Lipinski definition) is 3. The van der Waals surface area contributed by atoms with E-state index in [2.05, 4.69) is 16.2 Å². The van der Waals surface area contributed by atoms with Crippen LogP contribution in [0.25, 0.3) is 0 Å². The molecule has 1 rings (SSSR count). The molecule has 0 aliphatic carbocycles. The summed E-state index contributed by atoms with van der Waals surface area (Å²) in [5.74, 6) is -1.33. The maximum absolute atomic E-state index is 13.2. The van der Waals surface area contributed by atoms with Crippen molar-refractivity contribution in [3.63, 3.8) is 0 Å². The van der Waals surface area contributed by atoms with Crippen molar-refractivity contribution in [3.05, 3.63) is 29.8 Å². The molecule has 7 heteroatoms. The Morgan fingerprint density at radius 2 is 2.18 bits per heavy atom. The SMILES string of the molecule is COCCNC(=S)NNc1ccc(F)cc1F. The second-order valence-electron chi connectivity index (χ2n) is 3.12. The smallest absolute Gasteiger partial charge is 0.185 e. The van der Waals surface area contributed by atoms with Crippen molar-refractivity contribution in [1.82, 2.24) is 10.7 Å². The second kappa shape index (κ2) is 6.97. The van der Waals surface area contributed by atoms with Gasteiger partial charge in [0.25, 0.3) is 0 Å². The Kier molecular flexibility index (Phi) is 5.58. The van der Waals surface area contributed by atoms with Gasteiger partial charge in [-0.3, -0.25) is 10.9 Å². The van der Waals surface area contributed by atoms with Gasteiger partial charge in [0, 0.05) is 19.7 Å². The molecular formula is C10H13F2N3OS. The van der Waals surface area contributed by atoms with Gasteiger partial charge >= 0.3 is 0 Å². The lowest BCUT2D eigenvalue weighted by atomic mass is 10.3. The van der Waals surface area contributed by atoms with E-state index in [4.69, 9.17) is 17.0 Å². The molecule has 0 saturated carbocycles. The van der Waals surface area contributed by atoms with Crippen LogP contribution in [-0.4, -0.2) is 25.4 Å². The number of methoxy groups -OCH3 is 1. The molecule has 0 heterocycles. The first-order valence-electron chi connectivity index (χ1n) is 4.87. The number of nitrogens with one attached hydrogen (secondary N) is 3. The Hall–Kier alpha value is -1.47. The van der Waals surface area contributed by atoms with Crippen LogP contribution in [0, 0.1) is 11.6 Å². The van der Waals surface area contributed by atoms with Crippen molar-refractivity contribution < 1.29 is 13.5 Å². The molecule has 0 aromatic heterocycles. The van der Waals surface area contributed by atoms with Crippen LogP contribution in [0.15, 0.2) is 18.2 Å². The number of benzene rings is 1. The summed E-state index contributed by atoms with van der Waals surface area (Å²) in [5, 5.41) is 3.12. The number of ether oxygens (including phenoxy) is 1. The van der Waals surface area contributed by atoms with Crippen LogP contribution in [-0.2, 0) is 4.74 Å². The minimum Gasteiger partial charge on any atom is -0.383 e. The van der Waals surface area contributed by atoms with Crippen LogP contribution in [0.4, 0.5) is 14.5 Å². The molecule has 0 saturated heterocycles. The topological polar surface area (TPSA) is 45.3 Å². The van der Waals surface area contributed by atoms with E-state index in [-0.39, 0.29) is 5.69 Å². The maximum Gasteiger partial charge on any atom is 0.185 e. The fourth-order valence-corrected chi connectivity index (χ4v) is 1.18. The molecule has 94 valence electrons. The molecule has 0 fully saturated rings. The molecule has 0 bridgehead atoms. The van der Waals surface area contributed by atoms with Gasteiger partial charge < -0.3 is 10.1 Å². The van der Waals surface area contributed by atoms with Crippen LogP contribution < -0.4 is 16.2 Å². The van der Waals surface area contributed by atoms with Gasteiger partial charge in [-0.1, -0.05) is 0 Å². The zero-order valence-corrected chi connectivity index (χ0v) is 10.0. The van der Waals surface area contributed by atoms with E-state index in [1.54, 1.807) is 7.11 Å². The highest BCUT2D eigenvalue weighted by atomic mass is 32.1. The summed E-state index contributed by atoms with van der Waals surface area (Å²) in [5.41, 5.74) is 5.21. The summed E-state index contributed by atoms with van der Waals surface area (Å²) in [6.45, 7) is 1.04. The van der Waals surface area contributed by atoms with Gasteiger partial charge in [-0.2, -0.15) is 0 Å². The van der Waals surface area contributed by atoms with E-state index in [1.807, 2.05) is 0 Å². The Labute approximate surface area is 103 Å². The number of hydrogen-bond acceptors (Lipinski definition) is 3. The zero-order chi connectivity index (χ0) is 12.7. The van der Waals surface area contributed by atoms with E-state index in [0.29, 0.717) is 18.3 Å². The Balaban J connectivity index is 2.37. The number of halogens is 2. The lowest BCUT2D eigenvalue weighted by molar-refractivity contribution is 0.204. The Morgan fingerprint density at radius 3 is 2.82 bits per heavy atom. The van der Waals surface area contributed by atoms with Gasteiger partial charge in [0.2, 0.25) is 0 Å². The van der Waals surface area contributed by atoms with Crippen LogP contribution in [0.2, 0.25) is 0 Å². The fraction of sp³-hybridized carbons (Fsp3) is 0.300. The van der Waals surface area contributed by atoms with Crippen molar-refractivity contribution in [2.45, 2.75) is 0 Å². The first-order valence-corrected chi connectivity index (χ1v) is 5.28. The number of rotatable bonds is 5. The minimum absolute atomic E-state index is 0.113. The molecular weight excluding hydrogens is 248 g/mol. The van der Waals surface area contributed by atoms with E-state index < -0.39 is 11.6 Å². The van der Waals surface area contributed by atoms with Gasteiger partial charge in [-0.05, 0) is 24.4 Å². The molecule has 0 unspecified atom stereocenters. The van der Waals surface area contributed by atoms with Crippen molar-refractivity contribution in [3.8, 4) is 0 Å². The zero-order valence-electron chi connectivity index (χ0n) is 9.22. The molecule has 1 aromatic carbocycles. The van der Waals surface area contributed by atoms with Gasteiger partial charge in [-0.15, -0.1) is 0 Å². The van der Waals surface area contributed by atoms with Crippen molar-refractivity contribution in [2.24, 2.45) is 0 Å². The van der Waals surface area contributed by atoms with E-state index in [9.17, 15) is 8.78 Å². The average Bonchev–Trinajstić information content (AvgIpc) is 2.28. The average molecular weight is 261 g/mol. The predicted octanol–water partition coefficient (Wildman–Crippen LogP) is 1.40. The summed E-state index contributed by atoms with van der Waals surface area (Å²) in [6, 6.07) is 3.20. The molecule has 0 aliphatic heterocycles. The highest BCUT2D eigenvalue weighted by molar-refractivity contribution is 7.80. The molecule has 0 aliphatic rings. The molecule has 0 amide bonds. The van der Waals surface area contributed by atoms with Crippen LogP contribution in [0.3, 0.4) is 0 Å². The third-order valence-electron chi connectivity index (χ3n) is 1.83. The summed E-state index contributed by atoms with van der Waals surface area (Å²) >= 11 is 4.90. The third kappa shape index (κ3) is 4.92. The largest absolute Gasteiger partial charge is 0.383 e. The fourth-order valence-electron chi connectivity index (χ4n) is 1.03. The first kappa shape index (κ1) is 13.6. The Bertz CT molecular complexity index is 390. The summed E-state index contributed by atoms with van der Waals surface area (Å²) in [7, 11) is 1.57. The van der Waals surface area contributed by atoms with Crippen LogP contribution >= 0.6 is 12.2 Å². The molecule has 0 atom stereocenters. The molecule has 3 N–H and O–H groups in total. The summed E-state index contributed by atoms with van der Waals surface area (Å²) in [6.07, 6.45) is 0. The Morgan fingerprint density at radius 1 is 1.41 bits per heavy atom. The maximum atomic E-state index is 13.2. The molecule has 17 heavy (non-hydrogen) atoms. The standard InChI is InChI=1S/C10H13F2N3OS/c1-16-5-4-13-10(17)15-14-9-3-2-7(11)6-8(9)12/h2-3,6,14H,4-5H2,1H3,(H2,13,15,17). The minimum atomic E-state index is -0.697. The quantitative estimate of drug-likeness (QED) is 0.425. The molecule has 1 aromatic rings. The van der Waals surface area contributed by atoms with Crippen LogP contribution in [0.5, 0.6) is 0 Å². The lowest BCUT2D eigenvalue weighted by Gasteiger charge is -2.12. The number of hydrazine groups is 1. The van der Waals surface area contributed by atoms with Gasteiger partial charge in [0.15, 0.2) is 10.9 Å². The van der Waals surface area contributed by atoms with Gasteiger partial charge in [-0.25, -0.2) is 8.78 Å². The van der Waals surface area contributed by atoms with E-state index in [1.165, 1.54) is 6.07 Å². The van der Waals surface area contributed by atoms with Gasteiger partial charge in [0.1, 0.15) is 5.82 Å². The second-order valence-corrected chi connectivity index (χ2v) is 3.53. The summed E-state index contributed by atoms with van der Waals surface area (Å²) in [4.78, 5) is 0. The monoisotopic (exact) mass is 261 g/mol. The summed E-state index contributed by atoms with van der Waals surface area (Å²) < 4.78 is 30.6.